The first-order chi connectivity index (χ1) is 10.4. The Morgan fingerprint density at radius 2 is 1.95 bits per heavy atom. The molecule has 6 heteroatoms. The van der Waals surface area contributed by atoms with E-state index in [2.05, 4.69) is 11.9 Å². The predicted octanol–water partition coefficient (Wildman–Crippen LogP) is 1.64. The Morgan fingerprint density at radius 1 is 1.32 bits per heavy atom. The van der Waals surface area contributed by atoms with Crippen LogP contribution in [0.15, 0.2) is 36.1 Å². The van der Waals surface area contributed by atoms with Crippen molar-refractivity contribution in [2.24, 2.45) is 5.92 Å². The second kappa shape index (κ2) is 8.81. The van der Waals surface area contributed by atoms with E-state index < -0.39 is 11.9 Å². The SMILES string of the molecule is C=C1CC=C(CCOC(=O)/C=C/C(=O)OCC(C)C)C(=O)N1. The lowest BCUT2D eigenvalue weighted by Crippen LogP contribution is -2.27. The van der Waals surface area contributed by atoms with Gasteiger partial charge in [0, 0.05) is 36.3 Å². The highest BCUT2D eigenvalue weighted by atomic mass is 16.5. The van der Waals surface area contributed by atoms with Crippen LogP contribution in [0, 0.1) is 5.92 Å². The molecule has 1 heterocycles. The van der Waals surface area contributed by atoms with Crippen LogP contribution in [0.1, 0.15) is 26.7 Å². The van der Waals surface area contributed by atoms with E-state index in [1.807, 2.05) is 13.8 Å². The number of nitrogens with one attached hydrogen (secondary N) is 1. The van der Waals surface area contributed by atoms with Crippen LogP contribution in [0.3, 0.4) is 0 Å². The molecule has 0 aromatic heterocycles. The molecule has 6 nitrogen and oxygen atoms in total. The Balaban J connectivity index is 2.27. The summed E-state index contributed by atoms with van der Waals surface area (Å²) in [5, 5.41) is 2.61. The van der Waals surface area contributed by atoms with Crippen molar-refractivity contribution in [1.82, 2.24) is 5.32 Å². The monoisotopic (exact) mass is 307 g/mol. The van der Waals surface area contributed by atoms with Crippen molar-refractivity contribution < 1.29 is 23.9 Å². The Bertz CT molecular complexity index is 517. The number of hydrogen-bond acceptors (Lipinski definition) is 5. The molecule has 0 saturated carbocycles. The van der Waals surface area contributed by atoms with E-state index in [9.17, 15) is 14.4 Å². The van der Waals surface area contributed by atoms with Gasteiger partial charge in [0.15, 0.2) is 0 Å². The van der Waals surface area contributed by atoms with Gasteiger partial charge in [0.1, 0.15) is 0 Å². The predicted molar refractivity (Wildman–Crippen MR) is 80.5 cm³/mol. The number of rotatable bonds is 7. The van der Waals surface area contributed by atoms with Gasteiger partial charge in [0.05, 0.1) is 13.2 Å². The fourth-order valence-corrected chi connectivity index (χ4v) is 1.59. The van der Waals surface area contributed by atoms with Crippen LogP contribution in [-0.4, -0.2) is 31.1 Å². The van der Waals surface area contributed by atoms with Crippen molar-refractivity contribution in [3.8, 4) is 0 Å². The van der Waals surface area contributed by atoms with Gasteiger partial charge in [0.25, 0.3) is 5.91 Å². The van der Waals surface area contributed by atoms with Crippen LogP contribution >= 0.6 is 0 Å². The van der Waals surface area contributed by atoms with Gasteiger partial charge in [-0.3, -0.25) is 4.79 Å². The summed E-state index contributed by atoms with van der Waals surface area (Å²) in [5.41, 5.74) is 1.20. The molecule has 1 amide bonds. The van der Waals surface area contributed by atoms with Gasteiger partial charge in [-0.25, -0.2) is 9.59 Å². The lowest BCUT2D eigenvalue weighted by Gasteiger charge is -2.15. The average Bonchev–Trinajstić information content (AvgIpc) is 2.45. The van der Waals surface area contributed by atoms with E-state index in [4.69, 9.17) is 9.47 Å². The molecule has 0 atom stereocenters. The second-order valence-corrected chi connectivity index (χ2v) is 5.27. The van der Waals surface area contributed by atoms with Gasteiger partial charge in [-0.05, 0) is 5.92 Å². The third-order valence-corrected chi connectivity index (χ3v) is 2.71. The van der Waals surface area contributed by atoms with E-state index in [1.165, 1.54) is 0 Å². The maximum atomic E-state index is 11.6. The maximum absolute atomic E-state index is 11.6. The third kappa shape index (κ3) is 6.88. The molecule has 22 heavy (non-hydrogen) atoms. The van der Waals surface area contributed by atoms with Crippen LogP contribution < -0.4 is 5.32 Å². The maximum Gasteiger partial charge on any atom is 0.331 e. The first kappa shape index (κ1) is 17.7. The van der Waals surface area contributed by atoms with Crippen molar-refractivity contribution >= 4 is 17.8 Å². The molecule has 1 N–H and O–H groups in total. The first-order valence-corrected chi connectivity index (χ1v) is 7.08. The van der Waals surface area contributed by atoms with Gasteiger partial charge in [-0.15, -0.1) is 0 Å². The molecule has 1 rings (SSSR count). The molecular formula is C16H21NO5. The van der Waals surface area contributed by atoms with E-state index >= 15 is 0 Å². The minimum Gasteiger partial charge on any atom is -0.462 e. The summed E-state index contributed by atoms with van der Waals surface area (Å²) in [6.07, 6.45) is 4.70. The van der Waals surface area contributed by atoms with Crippen molar-refractivity contribution in [3.05, 3.63) is 36.1 Å². The molecule has 1 aliphatic rings. The van der Waals surface area contributed by atoms with Crippen LogP contribution in [-0.2, 0) is 23.9 Å². The standard InChI is InChI=1S/C16H21NO5/c1-11(2)10-22-15(19)7-6-14(18)21-9-8-13-5-4-12(3)17-16(13)20/h5-7,11H,3-4,8-10H2,1-2H3,(H,17,20)/b7-6+. The molecule has 0 bridgehead atoms. The minimum atomic E-state index is -0.650. The number of amides is 1. The van der Waals surface area contributed by atoms with Crippen molar-refractivity contribution in [2.75, 3.05) is 13.2 Å². The molecule has 0 aliphatic carbocycles. The molecule has 0 radical (unpaired) electrons. The van der Waals surface area contributed by atoms with Crippen molar-refractivity contribution in [2.45, 2.75) is 26.7 Å². The molecule has 1 aliphatic heterocycles. The molecule has 0 aromatic rings. The molecule has 0 spiro atoms. The highest BCUT2D eigenvalue weighted by Crippen LogP contribution is 2.12. The van der Waals surface area contributed by atoms with Gasteiger partial charge >= 0.3 is 11.9 Å². The van der Waals surface area contributed by atoms with Crippen molar-refractivity contribution in [3.63, 3.8) is 0 Å². The fraction of sp³-hybridized carbons (Fsp3) is 0.438. The zero-order chi connectivity index (χ0) is 16.5. The Morgan fingerprint density at radius 3 is 2.55 bits per heavy atom. The van der Waals surface area contributed by atoms with E-state index in [1.54, 1.807) is 6.08 Å². The highest BCUT2D eigenvalue weighted by molar-refractivity contribution is 5.95. The summed E-state index contributed by atoms with van der Waals surface area (Å²) in [4.78, 5) is 34.2. The van der Waals surface area contributed by atoms with Crippen LogP contribution in [0.25, 0.3) is 0 Å². The Labute approximate surface area is 129 Å². The number of esters is 2. The number of ether oxygens (including phenoxy) is 2. The summed E-state index contributed by atoms with van der Waals surface area (Å²) < 4.78 is 9.79. The highest BCUT2D eigenvalue weighted by Gasteiger charge is 2.15. The minimum absolute atomic E-state index is 0.0654. The number of allylic oxidation sites excluding steroid dienone is 1. The normalized spacial score (nSPS) is 14.8. The van der Waals surface area contributed by atoms with E-state index in [-0.39, 0.29) is 18.4 Å². The summed E-state index contributed by atoms with van der Waals surface area (Å²) in [7, 11) is 0. The molecular weight excluding hydrogens is 286 g/mol. The quantitative estimate of drug-likeness (QED) is 0.571. The molecule has 0 saturated heterocycles. The van der Waals surface area contributed by atoms with Gasteiger partial charge in [-0.1, -0.05) is 26.5 Å². The fourth-order valence-electron chi connectivity index (χ4n) is 1.59. The summed E-state index contributed by atoms with van der Waals surface area (Å²) >= 11 is 0. The average molecular weight is 307 g/mol. The van der Waals surface area contributed by atoms with E-state index in [0.29, 0.717) is 30.7 Å². The van der Waals surface area contributed by atoms with Crippen LogP contribution in [0.4, 0.5) is 0 Å². The Hall–Kier alpha value is -2.37. The lowest BCUT2D eigenvalue weighted by atomic mass is 10.1. The molecule has 0 unspecified atom stereocenters. The second-order valence-electron chi connectivity index (χ2n) is 5.27. The summed E-state index contributed by atoms with van der Waals surface area (Å²) in [5.74, 6) is -1.23. The summed E-state index contributed by atoms with van der Waals surface area (Å²) in [6.45, 7) is 7.85. The third-order valence-electron chi connectivity index (χ3n) is 2.71. The zero-order valence-electron chi connectivity index (χ0n) is 12.9. The Kier molecular flexibility index (Phi) is 7.08. The number of carbonyl (C=O) groups excluding carboxylic acids is 3. The largest absolute Gasteiger partial charge is 0.462 e. The number of hydrogen-bond donors (Lipinski definition) is 1. The zero-order valence-corrected chi connectivity index (χ0v) is 12.9. The van der Waals surface area contributed by atoms with Crippen LogP contribution in [0.2, 0.25) is 0 Å². The van der Waals surface area contributed by atoms with Crippen molar-refractivity contribution in [1.29, 1.82) is 0 Å². The van der Waals surface area contributed by atoms with E-state index in [0.717, 1.165) is 12.2 Å². The lowest BCUT2D eigenvalue weighted by molar-refractivity contribution is -0.141. The molecule has 120 valence electrons. The van der Waals surface area contributed by atoms with Gasteiger partial charge in [-0.2, -0.15) is 0 Å². The number of carbonyl (C=O) groups is 3. The van der Waals surface area contributed by atoms with Gasteiger partial charge in [0.2, 0.25) is 0 Å². The molecule has 0 aromatic carbocycles. The van der Waals surface area contributed by atoms with Gasteiger partial charge < -0.3 is 14.8 Å². The summed E-state index contributed by atoms with van der Waals surface area (Å²) in [6, 6.07) is 0. The molecule has 0 fully saturated rings. The smallest absolute Gasteiger partial charge is 0.331 e. The van der Waals surface area contributed by atoms with Crippen LogP contribution in [0.5, 0.6) is 0 Å². The first-order valence-electron chi connectivity index (χ1n) is 7.08. The topological polar surface area (TPSA) is 81.7 Å².